The number of rotatable bonds is 13. The van der Waals surface area contributed by atoms with Crippen LogP contribution in [-0.4, -0.2) is 41.7 Å². The molecule has 2 aromatic heterocycles. The van der Waals surface area contributed by atoms with E-state index in [-0.39, 0.29) is 13.2 Å². The molecule has 0 aliphatic heterocycles. The number of nitrogens with zero attached hydrogens (tertiary/aromatic N) is 4. The molecular weight excluding hydrogens is 604 g/mol. The van der Waals surface area contributed by atoms with Crippen molar-refractivity contribution in [3.63, 3.8) is 0 Å². The number of nitriles is 2. The third-order valence-corrected chi connectivity index (χ3v) is 8.24. The number of carbonyl (C=O) groups is 1. The number of hydrogen-bond acceptors (Lipinski definition) is 11. The van der Waals surface area contributed by atoms with Crippen LogP contribution in [0.2, 0.25) is 5.02 Å². The number of nitrogens with one attached hydrogen (secondary N) is 1. The number of hydrogen-bond donors (Lipinski definition) is 2. The molecule has 0 saturated carbocycles. The van der Waals surface area contributed by atoms with E-state index in [1.807, 2.05) is 36.6 Å². The molecule has 4 rings (SSSR count). The van der Waals surface area contributed by atoms with Gasteiger partial charge in [0.2, 0.25) is 0 Å². The van der Waals surface area contributed by atoms with Gasteiger partial charge in [0.1, 0.15) is 58.6 Å². The summed E-state index contributed by atoms with van der Waals surface area (Å²) in [6, 6.07) is 18.4. The molecule has 2 heterocycles. The topological polar surface area (TPSA) is 147 Å². The Morgan fingerprint density at radius 3 is 2.42 bits per heavy atom. The Hall–Kier alpha value is -4.13. The Morgan fingerprint density at radius 1 is 1.07 bits per heavy atom. The van der Waals surface area contributed by atoms with Crippen LogP contribution in [0.1, 0.15) is 37.1 Å². The molecule has 43 heavy (non-hydrogen) atoms. The van der Waals surface area contributed by atoms with Crippen LogP contribution in [0.4, 0.5) is 5.82 Å². The zero-order valence-electron chi connectivity index (χ0n) is 23.6. The molecule has 0 amide bonds. The highest BCUT2D eigenvalue weighted by molar-refractivity contribution is 7.98. The summed E-state index contributed by atoms with van der Waals surface area (Å²) in [5.41, 5.74) is 9.11. The Balaban J connectivity index is 1.59. The zero-order chi connectivity index (χ0) is 30.8. The maximum Gasteiger partial charge on any atom is 0.322 e. The molecular formula is C31H29ClN6O3S2. The van der Waals surface area contributed by atoms with Crippen molar-refractivity contribution in [2.45, 2.75) is 37.1 Å². The number of ether oxygens (including phenoxy) is 2. The first-order valence-corrected chi connectivity index (χ1v) is 15.7. The van der Waals surface area contributed by atoms with Gasteiger partial charge < -0.3 is 20.5 Å². The molecule has 1 unspecified atom stereocenters. The molecule has 0 saturated heterocycles. The minimum Gasteiger partial charge on any atom is -0.490 e. The molecule has 0 aliphatic carbocycles. The monoisotopic (exact) mass is 632 g/mol. The molecule has 2 aromatic carbocycles. The number of anilines is 1. The van der Waals surface area contributed by atoms with Crippen LogP contribution in [-0.2, 0) is 15.3 Å². The molecule has 0 bridgehead atoms. The summed E-state index contributed by atoms with van der Waals surface area (Å²) in [4.78, 5) is 21.0. The highest BCUT2D eigenvalue weighted by atomic mass is 35.5. The van der Waals surface area contributed by atoms with E-state index in [9.17, 15) is 15.3 Å². The number of thiazole rings is 1. The van der Waals surface area contributed by atoms with Gasteiger partial charge in [0.05, 0.1) is 11.3 Å². The number of thioether (sulfide) groups is 1. The van der Waals surface area contributed by atoms with Crippen molar-refractivity contribution in [2.24, 2.45) is 5.73 Å². The number of benzene rings is 2. The van der Waals surface area contributed by atoms with Crippen molar-refractivity contribution in [3.8, 4) is 39.6 Å². The minimum atomic E-state index is -0.698. The minimum absolute atomic E-state index is 0.0663. The normalized spacial score (nSPS) is 11.3. The smallest absolute Gasteiger partial charge is 0.322 e. The van der Waals surface area contributed by atoms with Gasteiger partial charge in [-0.2, -0.15) is 10.5 Å². The molecule has 12 heteroatoms. The number of esters is 1. The lowest BCUT2D eigenvalue weighted by atomic mass is 9.96. The van der Waals surface area contributed by atoms with Gasteiger partial charge in [-0.05, 0) is 43.2 Å². The molecule has 1 atom stereocenters. The summed E-state index contributed by atoms with van der Waals surface area (Å²) in [5, 5.41) is 27.7. The molecule has 3 N–H and O–H groups in total. The van der Waals surface area contributed by atoms with Gasteiger partial charge >= 0.3 is 5.97 Å². The lowest BCUT2D eigenvalue weighted by Gasteiger charge is -2.16. The summed E-state index contributed by atoms with van der Waals surface area (Å²) in [5.74, 6) is 0.968. The molecule has 0 aliphatic rings. The first kappa shape index (κ1) is 31.8. The third kappa shape index (κ3) is 8.25. The predicted octanol–water partition coefficient (Wildman–Crippen LogP) is 6.65. The Morgan fingerprint density at radius 2 is 1.77 bits per heavy atom. The number of pyridine rings is 1. The second-order valence-corrected chi connectivity index (χ2v) is 11.6. The van der Waals surface area contributed by atoms with Crippen molar-refractivity contribution in [2.75, 3.05) is 25.1 Å². The number of carbonyl (C=O) groups excluding carboxylic acids is 1. The van der Waals surface area contributed by atoms with Gasteiger partial charge in [-0.1, -0.05) is 54.6 Å². The van der Waals surface area contributed by atoms with Crippen LogP contribution in [0.3, 0.4) is 0 Å². The molecule has 0 radical (unpaired) electrons. The van der Waals surface area contributed by atoms with Crippen molar-refractivity contribution >= 4 is 46.5 Å². The molecule has 9 nitrogen and oxygen atoms in total. The number of aromatic nitrogens is 2. The fourth-order valence-electron chi connectivity index (χ4n) is 3.93. The van der Waals surface area contributed by atoms with Crippen molar-refractivity contribution < 1.29 is 14.3 Å². The molecule has 0 fully saturated rings. The van der Waals surface area contributed by atoms with Crippen LogP contribution in [0.25, 0.3) is 21.7 Å². The Labute approximate surface area is 263 Å². The van der Waals surface area contributed by atoms with Crippen LogP contribution in [0, 0.1) is 22.7 Å². The van der Waals surface area contributed by atoms with E-state index in [4.69, 9.17) is 36.8 Å². The van der Waals surface area contributed by atoms with Crippen LogP contribution in [0.5, 0.6) is 5.75 Å². The standard InChI is InChI=1S/C31H29ClN6O3S2/c1-3-12-36-28-25(15-33)27(20-6-10-24(11-7-20)40-13-14-41-31(39)19(2)35)26(16-34)30(38-28)43-18-23-17-42-29(37-23)21-4-8-22(32)9-5-21/h4-11,17,19H,3,12-14,18,35H2,1-2H3,(H,36,38). The SMILES string of the molecule is CCCNc1nc(SCc2csc(-c3ccc(Cl)cc3)n2)c(C#N)c(-c2ccc(OCCOC(=O)C(C)N)cc2)c1C#N. The highest BCUT2D eigenvalue weighted by Gasteiger charge is 2.22. The van der Waals surface area contributed by atoms with Gasteiger partial charge in [0.25, 0.3) is 0 Å². The van der Waals surface area contributed by atoms with Crippen molar-refractivity contribution in [1.82, 2.24) is 9.97 Å². The first-order valence-electron chi connectivity index (χ1n) is 13.4. The highest BCUT2D eigenvalue weighted by Crippen LogP contribution is 2.38. The number of halogens is 1. The average molecular weight is 633 g/mol. The van der Waals surface area contributed by atoms with Crippen LogP contribution < -0.4 is 15.8 Å². The summed E-state index contributed by atoms with van der Waals surface area (Å²) in [6.07, 6.45) is 0.836. The lowest BCUT2D eigenvalue weighted by Crippen LogP contribution is -2.29. The van der Waals surface area contributed by atoms with Gasteiger partial charge in [-0.15, -0.1) is 11.3 Å². The maximum absolute atomic E-state index is 11.5. The predicted molar refractivity (Wildman–Crippen MR) is 170 cm³/mol. The van der Waals surface area contributed by atoms with E-state index in [1.54, 1.807) is 31.2 Å². The van der Waals surface area contributed by atoms with Gasteiger partial charge in [-0.25, -0.2) is 9.97 Å². The fourth-order valence-corrected chi connectivity index (χ4v) is 5.87. The lowest BCUT2D eigenvalue weighted by molar-refractivity contribution is -0.145. The first-order chi connectivity index (χ1) is 20.8. The molecule has 220 valence electrons. The van der Waals surface area contributed by atoms with Crippen molar-refractivity contribution in [1.29, 1.82) is 10.5 Å². The summed E-state index contributed by atoms with van der Waals surface area (Å²) < 4.78 is 10.7. The summed E-state index contributed by atoms with van der Waals surface area (Å²) in [7, 11) is 0. The van der Waals surface area contributed by atoms with E-state index < -0.39 is 12.0 Å². The second kappa shape index (κ2) is 15.4. The fraction of sp³-hybridized carbons (Fsp3) is 0.258. The largest absolute Gasteiger partial charge is 0.490 e. The van der Waals surface area contributed by atoms with Crippen LogP contribution >= 0.6 is 34.7 Å². The second-order valence-electron chi connectivity index (χ2n) is 9.31. The third-order valence-electron chi connectivity index (χ3n) is 6.04. The quantitative estimate of drug-likeness (QED) is 0.0932. The number of nitrogens with two attached hydrogens (primary N) is 1. The van der Waals surface area contributed by atoms with E-state index in [0.717, 1.165) is 22.7 Å². The molecule has 4 aromatic rings. The average Bonchev–Trinajstić information content (AvgIpc) is 3.50. The van der Waals surface area contributed by atoms with Crippen LogP contribution in [0.15, 0.2) is 58.9 Å². The zero-order valence-corrected chi connectivity index (χ0v) is 26.0. The molecule has 0 spiro atoms. The Bertz CT molecular complexity index is 1640. The summed E-state index contributed by atoms with van der Waals surface area (Å²) in [6.45, 7) is 4.42. The van der Waals surface area contributed by atoms with Gasteiger partial charge in [0.15, 0.2) is 0 Å². The maximum atomic E-state index is 11.5. The summed E-state index contributed by atoms with van der Waals surface area (Å²) >= 11 is 8.95. The Kier molecular flexibility index (Phi) is 11.4. The van der Waals surface area contributed by atoms with E-state index in [0.29, 0.717) is 56.2 Å². The van der Waals surface area contributed by atoms with E-state index in [1.165, 1.54) is 23.1 Å². The van der Waals surface area contributed by atoms with E-state index >= 15 is 0 Å². The van der Waals surface area contributed by atoms with Gasteiger partial charge in [0, 0.05) is 33.8 Å². The van der Waals surface area contributed by atoms with Crippen molar-refractivity contribution in [3.05, 3.63) is 75.8 Å². The van der Waals surface area contributed by atoms with E-state index in [2.05, 4.69) is 17.5 Å². The van der Waals surface area contributed by atoms with Gasteiger partial charge in [-0.3, -0.25) is 4.79 Å².